The van der Waals surface area contributed by atoms with Gasteiger partial charge < -0.3 is 10.6 Å². The molecule has 1 fully saturated rings. The van der Waals surface area contributed by atoms with Crippen LogP contribution >= 0.6 is 11.8 Å². The van der Waals surface area contributed by atoms with E-state index in [0.29, 0.717) is 24.3 Å². The van der Waals surface area contributed by atoms with E-state index in [2.05, 4.69) is 52.0 Å². The average molecular weight is 321 g/mol. The van der Waals surface area contributed by atoms with Crippen molar-refractivity contribution in [3.05, 3.63) is 29.8 Å². The quantitative estimate of drug-likeness (QED) is 0.866. The highest BCUT2D eigenvalue weighted by molar-refractivity contribution is 8.00. The number of rotatable bonds is 4. The molecule has 1 saturated heterocycles. The zero-order valence-electron chi connectivity index (χ0n) is 14.1. The molecule has 1 heterocycles. The maximum absolute atomic E-state index is 12.4. The zero-order valence-corrected chi connectivity index (χ0v) is 15.0. The Balaban J connectivity index is 1.89. The summed E-state index contributed by atoms with van der Waals surface area (Å²) in [5, 5.41) is 0. The summed E-state index contributed by atoms with van der Waals surface area (Å²) >= 11 is 1.62. The number of carbonyl (C=O) groups is 1. The first-order chi connectivity index (χ1) is 10.3. The van der Waals surface area contributed by atoms with Crippen molar-refractivity contribution in [2.75, 3.05) is 18.8 Å². The summed E-state index contributed by atoms with van der Waals surface area (Å²) in [7, 11) is 0. The molecule has 3 nitrogen and oxygen atoms in total. The molecule has 2 atom stereocenters. The minimum Gasteiger partial charge on any atom is -0.339 e. The molecule has 0 spiro atoms. The summed E-state index contributed by atoms with van der Waals surface area (Å²) in [4.78, 5) is 15.5. The van der Waals surface area contributed by atoms with Gasteiger partial charge in [-0.1, -0.05) is 32.9 Å². The lowest BCUT2D eigenvalue weighted by atomic mass is 9.87. The highest BCUT2D eigenvalue weighted by Gasteiger charge is 2.31. The van der Waals surface area contributed by atoms with E-state index in [4.69, 9.17) is 5.73 Å². The molecule has 1 aliphatic heterocycles. The molecule has 0 aromatic heterocycles. The number of hydrogen-bond acceptors (Lipinski definition) is 3. The molecule has 122 valence electrons. The zero-order chi connectivity index (χ0) is 16.3. The number of carbonyl (C=O) groups excluding carboxylic acids is 1. The first-order valence-corrected chi connectivity index (χ1v) is 9.02. The van der Waals surface area contributed by atoms with Crippen LogP contribution in [0.5, 0.6) is 0 Å². The van der Waals surface area contributed by atoms with E-state index in [0.717, 1.165) is 17.9 Å². The van der Waals surface area contributed by atoms with Crippen LogP contribution in [0, 0.1) is 5.92 Å². The number of nitrogens with two attached hydrogens (primary N) is 1. The molecular weight excluding hydrogens is 292 g/mol. The fourth-order valence-corrected chi connectivity index (χ4v) is 3.72. The van der Waals surface area contributed by atoms with Crippen LogP contribution in [0.3, 0.4) is 0 Å². The van der Waals surface area contributed by atoms with Gasteiger partial charge in [0, 0.05) is 17.5 Å². The van der Waals surface area contributed by atoms with E-state index < -0.39 is 0 Å². The van der Waals surface area contributed by atoms with E-state index in [1.165, 1.54) is 5.56 Å². The minimum absolute atomic E-state index is 0.168. The lowest BCUT2D eigenvalue weighted by Gasteiger charge is -2.21. The highest BCUT2D eigenvalue weighted by Crippen LogP contribution is 2.27. The lowest BCUT2D eigenvalue weighted by molar-refractivity contribution is -0.128. The molecule has 1 aromatic rings. The Hall–Kier alpha value is -1.00. The van der Waals surface area contributed by atoms with Crippen LogP contribution in [0.15, 0.2) is 29.2 Å². The number of likely N-dealkylation sites (tertiary alicyclic amines) is 1. The molecule has 22 heavy (non-hydrogen) atoms. The van der Waals surface area contributed by atoms with Gasteiger partial charge in [0.25, 0.3) is 0 Å². The van der Waals surface area contributed by atoms with Crippen LogP contribution in [-0.2, 0) is 10.2 Å². The topological polar surface area (TPSA) is 46.3 Å². The van der Waals surface area contributed by atoms with Gasteiger partial charge in [-0.3, -0.25) is 4.79 Å². The normalized spacial score (nSPS) is 22.1. The van der Waals surface area contributed by atoms with Gasteiger partial charge in [0.15, 0.2) is 0 Å². The van der Waals surface area contributed by atoms with Gasteiger partial charge >= 0.3 is 0 Å². The molecule has 2 rings (SSSR count). The van der Waals surface area contributed by atoms with Crippen molar-refractivity contribution in [2.45, 2.75) is 50.5 Å². The van der Waals surface area contributed by atoms with Gasteiger partial charge in [-0.25, -0.2) is 0 Å². The van der Waals surface area contributed by atoms with Gasteiger partial charge in [-0.2, -0.15) is 0 Å². The third-order valence-electron chi connectivity index (χ3n) is 4.40. The number of thioether (sulfide) groups is 1. The lowest BCUT2D eigenvalue weighted by Crippen LogP contribution is -2.35. The maximum atomic E-state index is 12.4. The van der Waals surface area contributed by atoms with E-state index >= 15 is 0 Å². The molecule has 2 N–H and O–H groups in total. The van der Waals surface area contributed by atoms with E-state index in [1.54, 1.807) is 11.8 Å². The molecule has 1 aliphatic rings. The van der Waals surface area contributed by atoms with Crippen LogP contribution in [0.1, 0.15) is 39.7 Å². The van der Waals surface area contributed by atoms with Crippen molar-refractivity contribution in [1.82, 2.24) is 4.90 Å². The Morgan fingerprint density at radius 2 is 1.95 bits per heavy atom. The van der Waals surface area contributed by atoms with Gasteiger partial charge in [0.2, 0.25) is 5.91 Å². The second kappa shape index (κ2) is 7.05. The number of nitrogens with zero attached hydrogens (tertiary/aromatic N) is 1. The van der Waals surface area contributed by atoms with Gasteiger partial charge in [0.05, 0.1) is 5.75 Å². The van der Waals surface area contributed by atoms with Gasteiger partial charge in [0.1, 0.15) is 0 Å². The van der Waals surface area contributed by atoms with Crippen LogP contribution in [-0.4, -0.2) is 35.7 Å². The number of benzene rings is 1. The second-order valence-electron chi connectivity index (χ2n) is 7.30. The predicted octanol–water partition coefficient (Wildman–Crippen LogP) is 3.27. The van der Waals surface area contributed by atoms with E-state index in [9.17, 15) is 4.79 Å². The summed E-state index contributed by atoms with van der Waals surface area (Å²) < 4.78 is 0. The molecule has 0 saturated carbocycles. The van der Waals surface area contributed by atoms with Crippen molar-refractivity contribution < 1.29 is 4.79 Å². The fraction of sp³-hybridized carbons (Fsp3) is 0.611. The van der Waals surface area contributed by atoms with Crippen molar-refractivity contribution >= 4 is 17.7 Å². The molecule has 2 unspecified atom stereocenters. The van der Waals surface area contributed by atoms with Crippen LogP contribution in [0.4, 0.5) is 0 Å². The van der Waals surface area contributed by atoms with Crippen LogP contribution < -0.4 is 5.73 Å². The molecule has 0 aliphatic carbocycles. The highest BCUT2D eigenvalue weighted by atomic mass is 32.2. The monoisotopic (exact) mass is 320 g/mol. The standard InChI is InChI=1S/C18H28N2OS/c1-13-9-14(10-19)11-20(13)17(21)12-22-16-7-5-15(6-8-16)18(2,3)4/h5-8,13-14H,9-12,19H2,1-4H3. The van der Waals surface area contributed by atoms with Gasteiger partial charge in [-0.15, -0.1) is 11.8 Å². The maximum Gasteiger partial charge on any atom is 0.233 e. The molecule has 1 amide bonds. The van der Waals surface area contributed by atoms with Gasteiger partial charge in [-0.05, 0) is 48.9 Å². The predicted molar refractivity (Wildman–Crippen MR) is 94.2 cm³/mol. The molecular formula is C18H28N2OS. The van der Waals surface area contributed by atoms with Crippen LogP contribution in [0.25, 0.3) is 0 Å². The molecule has 1 aromatic carbocycles. The molecule has 0 radical (unpaired) electrons. The summed E-state index contributed by atoms with van der Waals surface area (Å²) in [6, 6.07) is 8.89. The first kappa shape index (κ1) is 17.4. The fourth-order valence-electron chi connectivity index (χ4n) is 2.94. The molecule has 0 bridgehead atoms. The Bertz CT molecular complexity index is 507. The SMILES string of the molecule is CC1CC(CN)CN1C(=O)CSc1ccc(C(C)(C)C)cc1. The Morgan fingerprint density at radius 1 is 1.32 bits per heavy atom. The van der Waals surface area contributed by atoms with E-state index in [-0.39, 0.29) is 11.3 Å². The first-order valence-electron chi connectivity index (χ1n) is 8.04. The largest absolute Gasteiger partial charge is 0.339 e. The van der Waals surface area contributed by atoms with E-state index in [1.807, 2.05) is 4.90 Å². The smallest absolute Gasteiger partial charge is 0.233 e. The molecule has 4 heteroatoms. The van der Waals surface area contributed by atoms with Crippen molar-refractivity contribution in [1.29, 1.82) is 0 Å². The average Bonchev–Trinajstić information content (AvgIpc) is 2.85. The van der Waals surface area contributed by atoms with Crippen molar-refractivity contribution in [2.24, 2.45) is 11.7 Å². The Labute approximate surface area is 138 Å². The van der Waals surface area contributed by atoms with Crippen molar-refractivity contribution in [3.8, 4) is 0 Å². The van der Waals surface area contributed by atoms with Crippen molar-refractivity contribution in [3.63, 3.8) is 0 Å². The number of hydrogen-bond donors (Lipinski definition) is 1. The number of amides is 1. The summed E-state index contributed by atoms with van der Waals surface area (Å²) in [5.41, 5.74) is 7.22. The summed E-state index contributed by atoms with van der Waals surface area (Å²) in [6.45, 7) is 10.2. The Morgan fingerprint density at radius 3 is 2.45 bits per heavy atom. The minimum atomic E-state index is 0.168. The summed E-state index contributed by atoms with van der Waals surface area (Å²) in [6.07, 6.45) is 1.03. The third-order valence-corrected chi connectivity index (χ3v) is 5.39. The second-order valence-corrected chi connectivity index (χ2v) is 8.34. The Kier molecular flexibility index (Phi) is 5.56. The third kappa shape index (κ3) is 4.26. The summed E-state index contributed by atoms with van der Waals surface area (Å²) in [5.74, 6) is 1.21. The van der Waals surface area contributed by atoms with Crippen LogP contribution in [0.2, 0.25) is 0 Å².